The average Bonchev–Trinajstić information content (AvgIpc) is 2.26. The van der Waals surface area contributed by atoms with Crippen LogP contribution in [0.1, 0.15) is 38.2 Å². The van der Waals surface area contributed by atoms with Gasteiger partial charge in [0, 0.05) is 11.8 Å². The average molecular weight is 251 g/mol. The van der Waals surface area contributed by atoms with Gasteiger partial charge in [0.05, 0.1) is 7.11 Å². The van der Waals surface area contributed by atoms with E-state index in [-0.39, 0.29) is 5.97 Å². The molecular weight excluding hydrogens is 230 g/mol. The Morgan fingerprint density at radius 2 is 2.11 bits per heavy atom. The highest BCUT2D eigenvalue weighted by atomic mass is 16.5. The van der Waals surface area contributed by atoms with Crippen molar-refractivity contribution >= 4 is 11.8 Å². The normalized spacial score (nSPS) is 13.8. The summed E-state index contributed by atoms with van der Waals surface area (Å²) in [6.45, 7) is 7.58. The zero-order chi connectivity index (χ0) is 13.8. The van der Waals surface area contributed by atoms with E-state index >= 15 is 0 Å². The number of carbonyl (C=O) groups is 1. The molecule has 1 rings (SSSR count). The van der Waals surface area contributed by atoms with Crippen molar-refractivity contribution in [3.8, 4) is 0 Å². The Labute approximate surface area is 108 Å². The summed E-state index contributed by atoms with van der Waals surface area (Å²) in [6.07, 6.45) is 1.56. The molecule has 1 aromatic rings. The molecule has 18 heavy (non-hydrogen) atoms. The molecule has 0 saturated carbocycles. The molecule has 0 aliphatic heterocycles. The highest BCUT2D eigenvalue weighted by Gasteiger charge is 2.33. The van der Waals surface area contributed by atoms with Crippen LogP contribution in [-0.2, 0) is 9.53 Å². The van der Waals surface area contributed by atoms with Crippen molar-refractivity contribution in [2.24, 2.45) is 0 Å². The number of ether oxygens (including phenoxy) is 1. The minimum Gasteiger partial charge on any atom is -0.467 e. The van der Waals surface area contributed by atoms with Gasteiger partial charge in [-0.2, -0.15) is 0 Å². The van der Waals surface area contributed by atoms with Crippen LogP contribution in [0.25, 0.3) is 0 Å². The molecule has 0 aromatic carbocycles. The van der Waals surface area contributed by atoms with Gasteiger partial charge >= 0.3 is 5.97 Å². The number of anilines is 1. The van der Waals surface area contributed by atoms with Gasteiger partial charge in [-0.15, -0.1) is 0 Å². The predicted molar refractivity (Wildman–Crippen MR) is 70.5 cm³/mol. The largest absolute Gasteiger partial charge is 0.467 e. The van der Waals surface area contributed by atoms with E-state index in [0.29, 0.717) is 18.1 Å². The highest BCUT2D eigenvalue weighted by Crippen LogP contribution is 2.20. The summed E-state index contributed by atoms with van der Waals surface area (Å²) in [6, 6.07) is 1.82. The monoisotopic (exact) mass is 251 g/mol. The zero-order valence-corrected chi connectivity index (χ0v) is 11.7. The molecule has 5 nitrogen and oxygen atoms in total. The third-order valence-electron chi connectivity index (χ3n) is 2.76. The van der Waals surface area contributed by atoms with Crippen molar-refractivity contribution in [1.29, 1.82) is 0 Å². The van der Waals surface area contributed by atoms with E-state index < -0.39 is 5.54 Å². The number of rotatable bonds is 5. The topological polar surface area (TPSA) is 64.1 Å². The molecule has 0 amide bonds. The fraction of sp³-hybridized carbons (Fsp3) is 0.615. The van der Waals surface area contributed by atoms with Gasteiger partial charge in [0.2, 0.25) is 0 Å². The van der Waals surface area contributed by atoms with Gasteiger partial charge in [0.15, 0.2) is 0 Å². The number of hydrogen-bond acceptors (Lipinski definition) is 5. The molecule has 0 radical (unpaired) electrons. The lowest BCUT2D eigenvalue weighted by atomic mass is 9.96. The van der Waals surface area contributed by atoms with E-state index in [2.05, 4.69) is 15.3 Å². The van der Waals surface area contributed by atoms with Crippen LogP contribution >= 0.6 is 0 Å². The highest BCUT2D eigenvalue weighted by molar-refractivity contribution is 5.83. The van der Waals surface area contributed by atoms with Crippen molar-refractivity contribution < 1.29 is 9.53 Å². The van der Waals surface area contributed by atoms with Crippen molar-refractivity contribution in [3.63, 3.8) is 0 Å². The summed E-state index contributed by atoms with van der Waals surface area (Å²) < 4.78 is 4.86. The van der Waals surface area contributed by atoms with Crippen LogP contribution in [0.5, 0.6) is 0 Å². The molecule has 0 aliphatic rings. The second-order valence-electron chi connectivity index (χ2n) is 4.64. The number of esters is 1. The lowest BCUT2D eigenvalue weighted by Gasteiger charge is -2.28. The Kier molecular flexibility index (Phi) is 4.64. The van der Waals surface area contributed by atoms with Crippen molar-refractivity contribution in [1.82, 2.24) is 9.97 Å². The van der Waals surface area contributed by atoms with E-state index in [4.69, 9.17) is 4.74 Å². The summed E-state index contributed by atoms with van der Waals surface area (Å²) in [4.78, 5) is 20.4. The number of aromatic nitrogens is 2. The summed E-state index contributed by atoms with van der Waals surface area (Å²) >= 11 is 0. The van der Waals surface area contributed by atoms with Gasteiger partial charge in [0.25, 0.3) is 0 Å². The second kappa shape index (κ2) is 5.80. The quantitative estimate of drug-likeness (QED) is 0.813. The third-order valence-corrected chi connectivity index (χ3v) is 2.76. The molecule has 1 N–H and O–H groups in total. The van der Waals surface area contributed by atoms with Gasteiger partial charge in [-0.25, -0.2) is 14.8 Å². The van der Waals surface area contributed by atoms with Crippen LogP contribution in [0.2, 0.25) is 0 Å². The molecule has 0 spiro atoms. The molecule has 0 bridgehead atoms. The Bertz CT molecular complexity index is 414. The molecule has 0 saturated heterocycles. The summed E-state index contributed by atoms with van der Waals surface area (Å²) in [5, 5.41) is 3.16. The summed E-state index contributed by atoms with van der Waals surface area (Å²) in [5.74, 6) is 1.06. The van der Waals surface area contributed by atoms with Gasteiger partial charge in [-0.05, 0) is 27.2 Å². The van der Waals surface area contributed by atoms with E-state index in [0.717, 1.165) is 12.1 Å². The smallest absolute Gasteiger partial charge is 0.331 e. The SMILES string of the molecule is CCCC(C)(Nc1cc(C)nc(C)n1)C(=O)OC. The van der Waals surface area contributed by atoms with Crippen molar-refractivity contribution in [2.75, 3.05) is 12.4 Å². The van der Waals surface area contributed by atoms with E-state index in [1.165, 1.54) is 7.11 Å². The third kappa shape index (κ3) is 3.42. The standard InChI is InChI=1S/C13H21N3O2/c1-6-7-13(4,12(17)18-5)16-11-8-9(2)14-10(3)15-11/h8H,6-7H2,1-5H3,(H,14,15,16). The fourth-order valence-electron chi connectivity index (χ4n) is 2.00. The Morgan fingerprint density at radius 3 is 2.61 bits per heavy atom. The Hall–Kier alpha value is -1.65. The first-order chi connectivity index (χ1) is 8.41. The maximum atomic E-state index is 11.9. The van der Waals surface area contributed by atoms with Gasteiger partial charge in [-0.1, -0.05) is 13.3 Å². The first-order valence-electron chi connectivity index (χ1n) is 6.10. The Balaban J connectivity index is 2.99. The maximum absolute atomic E-state index is 11.9. The molecule has 100 valence electrons. The summed E-state index contributed by atoms with van der Waals surface area (Å²) in [5.41, 5.74) is 0.116. The van der Waals surface area contributed by atoms with Crippen LogP contribution in [0, 0.1) is 13.8 Å². The number of carbonyl (C=O) groups excluding carboxylic acids is 1. The van der Waals surface area contributed by atoms with Crippen molar-refractivity contribution in [3.05, 3.63) is 17.6 Å². The maximum Gasteiger partial charge on any atom is 0.331 e. The van der Waals surface area contributed by atoms with Crippen LogP contribution in [-0.4, -0.2) is 28.6 Å². The van der Waals surface area contributed by atoms with Crippen LogP contribution in [0.15, 0.2) is 6.07 Å². The molecule has 0 aliphatic carbocycles. The van der Waals surface area contributed by atoms with Crippen molar-refractivity contribution in [2.45, 2.75) is 46.1 Å². The molecule has 1 atom stereocenters. The molecular formula is C13H21N3O2. The zero-order valence-electron chi connectivity index (χ0n) is 11.7. The van der Waals surface area contributed by atoms with E-state index in [9.17, 15) is 4.79 Å². The minimum absolute atomic E-state index is 0.279. The predicted octanol–water partition coefficient (Wildman–Crippen LogP) is 2.24. The molecule has 1 unspecified atom stereocenters. The number of aryl methyl sites for hydroxylation is 2. The fourth-order valence-corrected chi connectivity index (χ4v) is 2.00. The molecule has 5 heteroatoms. The minimum atomic E-state index is -0.753. The molecule has 0 fully saturated rings. The lowest BCUT2D eigenvalue weighted by Crippen LogP contribution is -2.44. The molecule has 1 heterocycles. The van der Waals surface area contributed by atoms with Crippen LogP contribution in [0.4, 0.5) is 5.82 Å². The second-order valence-corrected chi connectivity index (χ2v) is 4.64. The first-order valence-corrected chi connectivity index (χ1v) is 6.10. The van der Waals surface area contributed by atoms with E-state index in [1.54, 1.807) is 0 Å². The summed E-state index contributed by atoms with van der Waals surface area (Å²) in [7, 11) is 1.40. The number of hydrogen-bond donors (Lipinski definition) is 1. The number of methoxy groups -OCH3 is 1. The lowest BCUT2D eigenvalue weighted by molar-refractivity contribution is -0.145. The van der Waals surface area contributed by atoms with E-state index in [1.807, 2.05) is 33.8 Å². The van der Waals surface area contributed by atoms with Gasteiger partial charge in [0.1, 0.15) is 17.2 Å². The van der Waals surface area contributed by atoms with Gasteiger partial charge < -0.3 is 10.1 Å². The first kappa shape index (κ1) is 14.4. The molecule has 1 aromatic heterocycles. The van der Waals surface area contributed by atoms with Crippen LogP contribution in [0.3, 0.4) is 0 Å². The van der Waals surface area contributed by atoms with Crippen LogP contribution < -0.4 is 5.32 Å². The number of nitrogens with zero attached hydrogens (tertiary/aromatic N) is 2. The Morgan fingerprint density at radius 1 is 1.44 bits per heavy atom. The number of nitrogens with one attached hydrogen (secondary N) is 1. The van der Waals surface area contributed by atoms with Gasteiger partial charge in [-0.3, -0.25) is 0 Å².